The third-order valence-corrected chi connectivity index (χ3v) is 4.86. The standard InChI is InChI=1S/C15H19N2O3P/c1-3-19-21(18,20-4-2)12-13-6-8-14(9-7-13)15-16-10-5-11-17-15/h5-11H,3-4,12H2,1-2H3. The fraction of sp³-hybridized carbons (Fsp3) is 0.333. The van der Waals surface area contributed by atoms with E-state index < -0.39 is 7.60 Å². The SMILES string of the molecule is CCOP(=O)(Cc1ccc(-c2ncccn2)cc1)OCC. The highest BCUT2D eigenvalue weighted by Crippen LogP contribution is 2.51. The summed E-state index contributed by atoms with van der Waals surface area (Å²) in [7, 11) is -3.06. The summed E-state index contributed by atoms with van der Waals surface area (Å²) in [6.07, 6.45) is 3.67. The van der Waals surface area contributed by atoms with E-state index in [-0.39, 0.29) is 6.16 Å². The van der Waals surface area contributed by atoms with Gasteiger partial charge in [0.05, 0.1) is 19.4 Å². The van der Waals surface area contributed by atoms with E-state index in [4.69, 9.17) is 9.05 Å². The largest absolute Gasteiger partial charge is 0.335 e. The Kier molecular flexibility index (Phi) is 5.62. The van der Waals surface area contributed by atoms with Crippen LogP contribution in [0.25, 0.3) is 11.4 Å². The molecule has 0 aliphatic carbocycles. The summed E-state index contributed by atoms with van der Waals surface area (Å²) < 4.78 is 23.1. The van der Waals surface area contributed by atoms with Crippen molar-refractivity contribution in [2.75, 3.05) is 13.2 Å². The van der Waals surface area contributed by atoms with Crippen LogP contribution in [0.15, 0.2) is 42.7 Å². The number of aromatic nitrogens is 2. The van der Waals surface area contributed by atoms with E-state index in [0.29, 0.717) is 19.0 Å². The predicted octanol–water partition coefficient (Wildman–Crippen LogP) is 3.91. The highest BCUT2D eigenvalue weighted by atomic mass is 31.2. The van der Waals surface area contributed by atoms with Gasteiger partial charge in [-0.25, -0.2) is 9.97 Å². The summed E-state index contributed by atoms with van der Waals surface area (Å²) in [6, 6.07) is 9.39. The molecule has 0 unspecified atom stereocenters. The maximum Gasteiger partial charge on any atom is 0.335 e. The Bertz CT molecular complexity index is 592. The minimum atomic E-state index is -3.06. The molecule has 2 rings (SSSR count). The molecule has 112 valence electrons. The minimum Gasteiger partial charge on any atom is -0.309 e. The van der Waals surface area contributed by atoms with Crippen LogP contribution in [0.1, 0.15) is 19.4 Å². The molecule has 0 atom stereocenters. The second-order valence-electron chi connectivity index (χ2n) is 4.37. The second kappa shape index (κ2) is 7.46. The second-order valence-corrected chi connectivity index (χ2v) is 6.43. The van der Waals surface area contributed by atoms with Crippen LogP contribution in [0.3, 0.4) is 0 Å². The summed E-state index contributed by atoms with van der Waals surface area (Å²) in [4.78, 5) is 8.39. The van der Waals surface area contributed by atoms with Gasteiger partial charge < -0.3 is 9.05 Å². The lowest BCUT2D eigenvalue weighted by Gasteiger charge is -2.17. The van der Waals surface area contributed by atoms with Crippen LogP contribution in [-0.4, -0.2) is 23.2 Å². The van der Waals surface area contributed by atoms with Gasteiger partial charge in [0.25, 0.3) is 0 Å². The number of hydrogen-bond acceptors (Lipinski definition) is 5. The van der Waals surface area contributed by atoms with Gasteiger partial charge in [-0.15, -0.1) is 0 Å². The average molecular weight is 306 g/mol. The van der Waals surface area contributed by atoms with Crippen LogP contribution in [0.2, 0.25) is 0 Å². The van der Waals surface area contributed by atoms with Crippen molar-refractivity contribution in [3.8, 4) is 11.4 Å². The molecule has 0 amide bonds. The lowest BCUT2D eigenvalue weighted by atomic mass is 10.1. The molecule has 0 aliphatic rings. The normalized spacial score (nSPS) is 11.5. The van der Waals surface area contributed by atoms with Crippen LogP contribution >= 0.6 is 7.60 Å². The molecule has 6 heteroatoms. The molecule has 0 fully saturated rings. The van der Waals surface area contributed by atoms with Crippen molar-refractivity contribution >= 4 is 7.60 Å². The Labute approximate surface area is 124 Å². The molecule has 5 nitrogen and oxygen atoms in total. The molecule has 0 saturated carbocycles. The Hall–Kier alpha value is -1.55. The summed E-state index contributed by atoms with van der Waals surface area (Å²) >= 11 is 0. The van der Waals surface area contributed by atoms with Gasteiger partial charge in [-0.1, -0.05) is 24.3 Å². The quantitative estimate of drug-likeness (QED) is 0.726. The number of hydrogen-bond donors (Lipinski definition) is 0. The summed E-state index contributed by atoms with van der Waals surface area (Å²) in [5, 5.41) is 0. The highest BCUT2D eigenvalue weighted by Gasteiger charge is 2.23. The first-order valence-electron chi connectivity index (χ1n) is 6.91. The summed E-state index contributed by atoms with van der Waals surface area (Å²) in [5.41, 5.74) is 1.82. The van der Waals surface area contributed by atoms with E-state index in [1.54, 1.807) is 18.5 Å². The third kappa shape index (κ3) is 4.46. The van der Waals surface area contributed by atoms with E-state index >= 15 is 0 Å². The van der Waals surface area contributed by atoms with Gasteiger partial charge in [0.15, 0.2) is 5.82 Å². The fourth-order valence-corrected chi connectivity index (χ4v) is 3.65. The topological polar surface area (TPSA) is 61.3 Å². The first-order chi connectivity index (χ1) is 10.2. The first-order valence-corrected chi connectivity index (χ1v) is 8.64. The van der Waals surface area contributed by atoms with Gasteiger partial charge in [-0.05, 0) is 25.5 Å². The van der Waals surface area contributed by atoms with Crippen LogP contribution in [-0.2, 0) is 19.8 Å². The molecule has 1 aromatic carbocycles. The molecular weight excluding hydrogens is 287 g/mol. The maximum atomic E-state index is 12.5. The Balaban J connectivity index is 2.13. The molecule has 0 spiro atoms. The lowest BCUT2D eigenvalue weighted by Crippen LogP contribution is -1.99. The molecule has 0 N–H and O–H groups in total. The lowest BCUT2D eigenvalue weighted by molar-refractivity contribution is 0.219. The molecule has 0 bridgehead atoms. The maximum absolute atomic E-state index is 12.5. The smallest absolute Gasteiger partial charge is 0.309 e. The molecule has 0 saturated heterocycles. The van der Waals surface area contributed by atoms with Gasteiger partial charge in [-0.3, -0.25) is 4.57 Å². The molecule has 21 heavy (non-hydrogen) atoms. The van der Waals surface area contributed by atoms with Crippen LogP contribution < -0.4 is 0 Å². The van der Waals surface area contributed by atoms with Gasteiger partial charge in [0, 0.05) is 18.0 Å². The van der Waals surface area contributed by atoms with Crippen molar-refractivity contribution < 1.29 is 13.6 Å². The zero-order chi connectivity index (χ0) is 15.1. The Morgan fingerprint density at radius 2 is 1.57 bits per heavy atom. The molecule has 1 heterocycles. The molecular formula is C15H19N2O3P. The molecule has 0 aliphatic heterocycles. The van der Waals surface area contributed by atoms with Crippen molar-refractivity contribution in [3.63, 3.8) is 0 Å². The zero-order valence-electron chi connectivity index (χ0n) is 12.2. The predicted molar refractivity (Wildman–Crippen MR) is 82.0 cm³/mol. The number of benzene rings is 1. The molecule has 1 aromatic heterocycles. The van der Waals surface area contributed by atoms with Gasteiger partial charge in [0.1, 0.15) is 0 Å². The summed E-state index contributed by atoms with van der Waals surface area (Å²) in [5.74, 6) is 0.668. The van der Waals surface area contributed by atoms with E-state index in [0.717, 1.165) is 11.1 Å². The van der Waals surface area contributed by atoms with Crippen molar-refractivity contribution in [3.05, 3.63) is 48.3 Å². The Morgan fingerprint density at radius 1 is 1.00 bits per heavy atom. The van der Waals surface area contributed by atoms with E-state index in [1.807, 2.05) is 38.1 Å². The Morgan fingerprint density at radius 3 is 2.10 bits per heavy atom. The van der Waals surface area contributed by atoms with Crippen molar-refractivity contribution in [2.45, 2.75) is 20.0 Å². The van der Waals surface area contributed by atoms with E-state index in [1.165, 1.54) is 0 Å². The number of rotatable bonds is 7. The van der Waals surface area contributed by atoms with Crippen molar-refractivity contribution in [1.82, 2.24) is 9.97 Å². The first kappa shape index (κ1) is 15.8. The van der Waals surface area contributed by atoms with Crippen LogP contribution in [0.5, 0.6) is 0 Å². The monoisotopic (exact) mass is 306 g/mol. The van der Waals surface area contributed by atoms with Crippen LogP contribution in [0, 0.1) is 0 Å². The number of nitrogens with zero attached hydrogens (tertiary/aromatic N) is 2. The van der Waals surface area contributed by atoms with E-state index in [9.17, 15) is 4.57 Å². The van der Waals surface area contributed by atoms with Gasteiger partial charge in [0.2, 0.25) is 0 Å². The minimum absolute atomic E-state index is 0.268. The average Bonchev–Trinajstić information content (AvgIpc) is 2.49. The van der Waals surface area contributed by atoms with Crippen molar-refractivity contribution in [2.24, 2.45) is 0 Å². The van der Waals surface area contributed by atoms with Gasteiger partial charge in [-0.2, -0.15) is 0 Å². The van der Waals surface area contributed by atoms with Crippen LogP contribution in [0.4, 0.5) is 0 Å². The molecule has 2 aromatic rings. The fourth-order valence-electron chi connectivity index (χ4n) is 1.95. The van der Waals surface area contributed by atoms with Crippen molar-refractivity contribution in [1.29, 1.82) is 0 Å². The van der Waals surface area contributed by atoms with E-state index in [2.05, 4.69) is 9.97 Å². The summed E-state index contributed by atoms with van der Waals surface area (Å²) in [6.45, 7) is 4.35. The third-order valence-electron chi connectivity index (χ3n) is 2.81. The highest BCUT2D eigenvalue weighted by molar-refractivity contribution is 7.53. The molecule has 0 radical (unpaired) electrons. The van der Waals surface area contributed by atoms with Gasteiger partial charge >= 0.3 is 7.60 Å². The zero-order valence-corrected chi connectivity index (χ0v) is 13.1.